The molecule has 1 heterocycles. The number of carboxylic acids is 1. The maximum Gasteiger partial charge on any atom is 0.308 e. The number of carboxylic acid groups (broad SMARTS) is 1. The van der Waals surface area contributed by atoms with Gasteiger partial charge in [-0.1, -0.05) is 6.07 Å². The number of carbonyl (C=O) groups is 1. The summed E-state index contributed by atoms with van der Waals surface area (Å²) in [6.07, 6.45) is -0.251. The summed E-state index contributed by atoms with van der Waals surface area (Å²) in [5.74, 6) is -1.71. The summed E-state index contributed by atoms with van der Waals surface area (Å²) < 4.78 is 40.0. The SMILES string of the molecule is Cc1ccc(NS(=O)(=O)c2ccc(CC(=O)O)s2)c(F)c1. The number of halogens is 1. The van der Waals surface area contributed by atoms with Crippen LogP contribution in [0, 0.1) is 12.7 Å². The minimum absolute atomic E-state index is 0.0567. The van der Waals surface area contributed by atoms with Gasteiger partial charge in [0, 0.05) is 4.88 Å². The average Bonchev–Trinajstić information content (AvgIpc) is 2.81. The molecule has 0 aliphatic carbocycles. The van der Waals surface area contributed by atoms with Gasteiger partial charge in [0.15, 0.2) is 0 Å². The van der Waals surface area contributed by atoms with Crippen LogP contribution in [0.5, 0.6) is 0 Å². The number of sulfonamides is 1. The highest BCUT2D eigenvalue weighted by Crippen LogP contribution is 2.25. The summed E-state index contributed by atoms with van der Waals surface area (Å²) in [7, 11) is -3.93. The molecule has 1 aromatic carbocycles. The molecule has 0 radical (unpaired) electrons. The van der Waals surface area contributed by atoms with Crippen LogP contribution in [0.25, 0.3) is 0 Å². The molecule has 1 aromatic heterocycles. The second kappa shape index (κ2) is 5.82. The van der Waals surface area contributed by atoms with Crippen LogP contribution in [0.15, 0.2) is 34.5 Å². The molecule has 0 bridgehead atoms. The minimum Gasteiger partial charge on any atom is -0.481 e. The third kappa shape index (κ3) is 3.79. The van der Waals surface area contributed by atoms with Crippen LogP contribution < -0.4 is 4.72 Å². The highest BCUT2D eigenvalue weighted by Gasteiger charge is 2.19. The van der Waals surface area contributed by atoms with Crippen molar-refractivity contribution in [2.24, 2.45) is 0 Å². The molecule has 0 aliphatic rings. The van der Waals surface area contributed by atoms with Gasteiger partial charge in [-0.3, -0.25) is 9.52 Å². The third-order valence-corrected chi connectivity index (χ3v) is 5.54. The normalized spacial score (nSPS) is 11.3. The lowest BCUT2D eigenvalue weighted by Gasteiger charge is -2.07. The first kappa shape index (κ1) is 15.5. The smallest absolute Gasteiger partial charge is 0.308 e. The first-order valence-electron chi connectivity index (χ1n) is 5.87. The molecule has 0 saturated heterocycles. The van der Waals surface area contributed by atoms with Gasteiger partial charge >= 0.3 is 5.97 Å². The van der Waals surface area contributed by atoms with Crippen molar-refractivity contribution in [2.75, 3.05) is 4.72 Å². The predicted molar refractivity (Wildman–Crippen MR) is 77.6 cm³/mol. The zero-order valence-electron chi connectivity index (χ0n) is 11.0. The second-order valence-electron chi connectivity index (χ2n) is 4.38. The summed E-state index contributed by atoms with van der Waals surface area (Å²) in [5, 5.41) is 8.67. The lowest BCUT2D eigenvalue weighted by Crippen LogP contribution is -2.12. The van der Waals surface area contributed by atoms with Crippen LogP contribution in [0.3, 0.4) is 0 Å². The summed E-state index contributed by atoms with van der Waals surface area (Å²) in [6.45, 7) is 1.69. The van der Waals surface area contributed by atoms with Crippen LogP contribution in [0.2, 0.25) is 0 Å². The zero-order chi connectivity index (χ0) is 15.6. The van der Waals surface area contributed by atoms with Gasteiger partial charge < -0.3 is 5.11 Å². The van der Waals surface area contributed by atoms with Gasteiger partial charge in [-0.05, 0) is 36.8 Å². The van der Waals surface area contributed by atoms with E-state index in [-0.39, 0.29) is 16.3 Å². The van der Waals surface area contributed by atoms with Crippen molar-refractivity contribution in [3.63, 3.8) is 0 Å². The fourth-order valence-corrected chi connectivity index (χ4v) is 4.06. The molecule has 0 fully saturated rings. The molecule has 0 unspecified atom stereocenters. The van der Waals surface area contributed by atoms with E-state index >= 15 is 0 Å². The quantitative estimate of drug-likeness (QED) is 0.883. The number of rotatable bonds is 5. The topological polar surface area (TPSA) is 83.5 Å². The van der Waals surface area contributed by atoms with Gasteiger partial charge in [0.2, 0.25) is 0 Å². The zero-order valence-corrected chi connectivity index (χ0v) is 12.6. The monoisotopic (exact) mass is 329 g/mol. The van der Waals surface area contributed by atoms with Gasteiger partial charge in [0.1, 0.15) is 10.0 Å². The van der Waals surface area contributed by atoms with E-state index < -0.39 is 21.8 Å². The molecule has 0 saturated carbocycles. The maximum absolute atomic E-state index is 13.7. The average molecular weight is 329 g/mol. The molecule has 0 amide bonds. The summed E-state index contributed by atoms with van der Waals surface area (Å²) >= 11 is 0.843. The Kier molecular flexibility index (Phi) is 4.29. The van der Waals surface area contributed by atoms with E-state index in [1.807, 2.05) is 0 Å². The third-order valence-electron chi connectivity index (χ3n) is 2.60. The molecule has 21 heavy (non-hydrogen) atoms. The number of benzene rings is 1. The van der Waals surface area contributed by atoms with E-state index in [1.54, 1.807) is 13.0 Å². The molecule has 0 atom stereocenters. The Morgan fingerprint density at radius 2 is 2.05 bits per heavy atom. The number of hydrogen-bond donors (Lipinski definition) is 2. The van der Waals surface area contributed by atoms with E-state index in [4.69, 9.17) is 5.11 Å². The number of anilines is 1. The predicted octanol–water partition coefficient (Wildman–Crippen LogP) is 2.62. The number of hydrogen-bond acceptors (Lipinski definition) is 4. The molecule has 2 rings (SSSR count). The van der Waals surface area contributed by atoms with Crippen molar-refractivity contribution in [3.8, 4) is 0 Å². The van der Waals surface area contributed by atoms with E-state index in [2.05, 4.69) is 4.72 Å². The van der Waals surface area contributed by atoms with Crippen molar-refractivity contribution in [3.05, 3.63) is 46.6 Å². The molecule has 8 heteroatoms. The second-order valence-corrected chi connectivity index (χ2v) is 7.46. The van der Waals surface area contributed by atoms with Crippen LogP contribution in [0.1, 0.15) is 10.4 Å². The Labute approximate surface area is 125 Å². The number of aryl methyl sites for hydroxylation is 1. The largest absolute Gasteiger partial charge is 0.481 e. The fourth-order valence-electron chi connectivity index (χ4n) is 1.64. The van der Waals surface area contributed by atoms with Crippen molar-refractivity contribution >= 4 is 33.0 Å². The lowest BCUT2D eigenvalue weighted by atomic mass is 10.2. The first-order chi connectivity index (χ1) is 9.78. The van der Waals surface area contributed by atoms with Gasteiger partial charge in [0.05, 0.1) is 12.1 Å². The summed E-state index contributed by atoms with van der Waals surface area (Å²) in [4.78, 5) is 11.0. The Hall–Kier alpha value is -1.93. The molecule has 2 N–H and O–H groups in total. The first-order valence-corrected chi connectivity index (χ1v) is 8.17. The Bertz CT molecular complexity index is 783. The number of thiophene rings is 1. The van der Waals surface area contributed by atoms with Crippen LogP contribution >= 0.6 is 11.3 Å². The molecular weight excluding hydrogens is 317 g/mol. The molecule has 2 aromatic rings. The van der Waals surface area contributed by atoms with Gasteiger partial charge in [-0.2, -0.15) is 0 Å². The van der Waals surface area contributed by atoms with Crippen LogP contribution in [-0.4, -0.2) is 19.5 Å². The Balaban J connectivity index is 2.25. The van der Waals surface area contributed by atoms with Crippen molar-refractivity contribution in [1.82, 2.24) is 0 Å². The van der Waals surface area contributed by atoms with Gasteiger partial charge in [-0.25, -0.2) is 12.8 Å². The molecule has 0 aliphatic heterocycles. The number of aliphatic carboxylic acids is 1. The highest BCUT2D eigenvalue weighted by atomic mass is 32.2. The minimum atomic E-state index is -3.93. The van der Waals surface area contributed by atoms with Crippen LogP contribution in [-0.2, 0) is 21.2 Å². The summed E-state index contributed by atoms with van der Waals surface area (Å²) in [6, 6.07) is 6.89. The van der Waals surface area contributed by atoms with E-state index in [0.29, 0.717) is 10.4 Å². The molecular formula is C13H12FNO4S2. The van der Waals surface area contributed by atoms with E-state index in [1.165, 1.54) is 24.3 Å². The highest BCUT2D eigenvalue weighted by molar-refractivity contribution is 7.94. The molecule has 5 nitrogen and oxygen atoms in total. The van der Waals surface area contributed by atoms with Crippen LogP contribution in [0.4, 0.5) is 10.1 Å². The summed E-state index contributed by atoms with van der Waals surface area (Å²) in [5.41, 5.74) is 0.532. The Morgan fingerprint density at radius 3 is 2.67 bits per heavy atom. The standard InChI is InChI=1S/C13H12FNO4S2/c1-8-2-4-11(10(14)6-8)15-21(18,19)13-5-3-9(20-13)7-12(16)17/h2-6,15H,7H2,1H3,(H,16,17). The molecule has 112 valence electrons. The maximum atomic E-state index is 13.7. The van der Waals surface area contributed by atoms with Crippen molar-refractivity contribution < 1.29 is 22.7 Å². The lowest BCUT2D eigenvalue weighted by molar-refractivity contribution is -0.136. The van der Waals surface area contributed by atoms with E-state index in [9.17, 15) is 17.6 Å². The fraction of sp³-hybridized carbons (Fsp3) is 0.154. The van der Waals surface area contributed by atoms with E-state index in [0.717, 1.165) is 11.3 Å². The van der Waals surface area contributed by atoms with Crippen molar-refractivity contribution in [1.29, 1.82) is 0 Å². The van der Waals surface area contributed by atoms with Crippen molar-refractivity contribution in [2.45, 2.75) is 17.6 Å². The number of nitrogens with one attached hydrogen (secondary N) is 1. The Morgan fingerprint density at radius 1 is 1.33 bits per heavy atom. The van der Waals surface area contributed by atoms with Gasteiger partial charge in [0.25, 0.3) is 10.0 Å². The van der Waals surface area contributed by atoms with Gasteiger partial charge in [-0.15, -0.1) is 11.3 Å². The molecule has 0 spiro atoms.